The van der Waals surface area contributed by atoms with Crippen LogP contribution < -0.4 is 10.2 Å². The first-order valence-electron chi connectivity index (χ1n) is 15.4. The average molecular weight is 591 g/mol. The SMILES string of the molecule is CCCCCCCCCCCCCCCCCC[N+](C)(C)CCC[Si](OCC(=O)[O-])(OCC(=O)[O-])OCC(=O)O. The Bertz CT molecular complexity index is 630. The number of carboxylic acids is 3. The van der Waals surface area contributed by atoms with Crippen molar-refractivity contribution in [1.29, 1.82) is 0 Å². The van der Waals surface area contributed by atoms with Gasteiger partial charge in [-0.2, -0.15) is 0 Å². The molecule has 40 heavy (non-hydrogen) atoms. The number of aliphatic carboxylic acids is 3. The molecule has 0 heterocycles. The predicted molar refractivity (Wildman–Crippen MR) is 152 cm³/mol. The van der Waals surface area contributed by atoms with Crippen molar-refractivity contribution in [3.8, 4) is 0 Å². The van der Waals surface area contributed by atoms with E-state index in [9.17, 15) is 24.6 Å². The summed E-state index contributed by atoms with van der Waals surface area (Å²) < 4.78 is 16.6. The molecule has 236 valence electrons. The van der Waals surface area contributed by atoms with Crippen LogP contribution >= 0.6 is 0 Å². The predicted octanol–water partition coefficient (Wildman–Crippen LogP) is 3.29. The molecule has 0 aliphatic heterocycles. The van der Waals surface area contributed by atoms with Gasteiger partial charge in [-0.1, -0.05) is 96.8 Å². The molecule has 0 amide bonds. The molecule has 0 fully saturated rings. The van der Waals surface area contributed by atoms with Gasteiger partial charge >= 0.3 is 14.8 Å². The maximum atomic E-state index is 11.0. The minimum atomic E-state index is -3.89. The lowest BCUT2D eigenvalue weighted by Gasteiger charge is -2.33. The van der Waals surface area contributed by atoms with Crippen molar-refractivity contribution in [1.82, 2.24) is 0 Å². The van der Waals surface area contributed by atoms with E-state index < -0.39 is 46.5 Å². The zero-order valence-corrected chi connectivity index (χ0v) is 26.4. The Morgan fingerprint density at radius 2 is 0.950 bits per heavy atom. The molecule has 0 saturated heterocycles. The smallest absolute Gasteiger partial charge is 0.502 e. The second-order valence-corrected chi connectivity index (χ2v) is 14.2. The molecule has 0 bridgehead atoms. The van der Waals surface area contributed by atoms with Gasteiger partial charge in [0.1, 0.15) is 6.61 Å². The molecule has 0 aromatic carbocycles. The van der Waals surface area contributed by atoms with Crippen molar-refractivity contribution in [3.63, 3.8) is 0 Å². The van der Waals surface area contributed by atoms with E-state index in [-0.39, 0.29) is 6.04 Å². The van der Waals surface area contributed by atoms with Crippen LogP contribution in [0.4, 0.5) is 0 Å². The van der Waals surface area contributed by atoms with Crippen LogP contribution in [0.1, 0.15) is 116 Å². The first-order chi connectivity index (χ1) is 19.0. The van der Waals surface area contributed by atoms with E-state index in [0.717, 1.165) is 13.0 Å². The largest absolute Gasteiger partial charge is 0.548 e. The highest BCUT2D eigenvalue weighted by atomic mass is 28.4. The maximum Gasteiger partial charge on any atom is 0.502 e. The Morgan fingerprint density at radius 3 is 1.32 bits per heavy atom. The van der Waals surface area contributed by atoms with Crippen LogP contribution in [-0.4, -0.2) is 83.3 Å². The molecule has 0 aliphatic rings. The summed E-state index contributed by atoms with van der Waals surface area (Å²) in [7, 11) is 0.295. The zero-order chi connectivity index (χ0) is 30.1. The summed E-state index contributed by atoms with van der Waals surface area (Å²) in [6.07, 6.45) is 21.6. The highest BCUT2D eigenvalue weighted by Gasteiger charge is 2.42. The highest BCUT2D eigenvalue weighted by molar-refractivity contribution is 6.61. The normalized spacial score (nSPS) is 12.1. The Hall–Kier alpha value is -1.53. The number of hydrogen-bond donors (Lipinski definition) is 1. The number of carbonyl (C=O) groups is 3. The van der Waals surface area contributed by atoms with E-state index in [1.54, 1.807) is 0 Å². The van der Waals surface area contributed by atoms with Gasteiger partial charge in [-0.25, -0.2) is 4.79 Å². The Morgan fingerprint density at radius 1 is 0.600 bits per heavy atom. The third-order valence-corrected chi connectivity index (χ3v) is 9.82. The molecule has 0 aromatic heterocycles. The molecule has 0 aromatic rings. The summed E-state index contributed by atoms with van der Waals surface area (Å²) in [6.45, 7) is 1.36. The van der Waals surface area contributed by atoms with E-state index in [0.29, 0.717) is 17.4 Å². The minimum Gasteiger partial charge on any atom is -0.548 e. The first kappa shape index (κ1) is 38.5. The Kier molecular flexibility index (Phi) is 23.2. The van der Waals surface area contributed by atoms with Crippen LogP contribution in [0.5, 0.6) is 0 Å². The lowest BCUT2D eigenvalue weighted by molar-refractivity contribution is -0.890. The average Bonchev–Trinajstić information content (AvgIpc) is 2.88. The van der Waals surface area contributed by atoms with Gasteiger partial charge in [0.25, 0.3) is 0 Å². The standard InChI is InChI=1S/C29H57NO9Si/c1-4-5-6-7-8-9-10-11-12-13-14-15-16-17-18-19-21-30(2,3)22-20-23-40(37-24-27(31)32,38-25-28(33)34)39-26-29(35)36/h4-26H2,1-3H3,(H2-,31,32,33,34,35,36)/p-1. The van der Waals surface area contributed by atoms with Gasteiger partial charge in [0.15, 0.2) is 0 Å². The second-order valence-electron chi connectivity index (χ2n) is 11.5. The molecular formula is C29H56NO9Si-. The van der Waals surface area contributed by atoms with Crippen LogP contribution in [0, 0.1) is 0 Å². The lowest BCUT2D eigenvalue weighted by Crippen LogP contribution is -2.52. The van der Waals surface area contributed by atoms with E-state index in [4.69, 9.17) is 18.4 Å². The third kappa shape index (κ3) is 24.3. The van der Waals surface area contributed by atoms with Crippen LogP contribution in [0.15, 0.2) is 0 Å². The quantitative estimate of drug-likeness (QED) is 0.0756. The van der Waals surface area contributed by atoms with Gasteiger partial charge in [-0.05, 0) is 12.8 Å². The van der Waals surface area contributed by atoms with E-state index in [1.807, 2.05) is 0 Å². The summed E-state index contributed by atoms with van der Waals surface area (Å²) >= 11 is 0. The van der Waals surface area contributed by atoms with Crippen LogP contribution in [0.25, 0.3) is 0 Å². The third-order valence-electron chi connectivity index (χ3n) is 7.10. The van der Waals surface area contributed by atoms with Crippen molar-refractivity contribution < 1.29 is 47.5 Å². The van der Waals surface area contributed by atoms with E-state index >= 15 is 0 Å². The number of nitrogens with zero attached hydrogens (tertiary/aromatic N) is 1. The van der Waals surface area contributed by atoms with Gasteiger partial charge in [0.05, 0.1) is 52.3 Å². The Balaban J connectivity index is 4.16. The molecule has 0 atom stereocenters. The maximum absolute atomic E-state index is 11.0. The molecule has 0 rings (SSSR count). The summed E-state index contributed by atoms with van der Waals surface area (Å²) in [5.41, 5.74) is 0. The topological polar surface area (TPSA) is 145 Å². The number of rotatable bonds is 30. The molecule has 0 unspecified atom stereocenters. The first-order valence-corrected chi connectivity index (χ1v) is 17.3. The number of hydrogen-bond acceptors (Lipinski definition) is 8. The fraction of sp³-hybridized carbons (Fsp3) is 0.897. The fourth-order valence-electron chi connectivity index (χ4n) is 4.77. The molecule has 11 heteroatoms. The van der Waals surface area contributed by atoms with Crippen LogP contribution in [0.3, 0.4) is 0 Å². The van der Waals surface area contributed by atoms with Crippen LogP contribution in [0.2, 0.25) is 6.04 Å². The number of carboxylic acid groups (broad SMARTS) is 3. The molecular weight excluding hydrogens is 534 g/mol. The van der Waals surface area contributed by atoms with Crippen LogP contribution in [-0.2, 0) is 27.7 Å². The van der Waals surface area contributed by atoms with Gasteiger partial charge < -0.3 is 42.7 Å². The van der Waals surface area contributed by atoms with Crippen molar-refractivity contribution in [2.45, 2.75) is 122 Å². The van der Waals surface area contributed by atoms with E-state index in [1.165, 1.54) is 96.3 Å². The van der Waals surface area contributed by atoms with Crippen molar-refractivity contribution >= 4 is 26.7 Å². The summed E-state index contributed by atoms with van der Waals surface area (Å²) in [6, 6.07) is 0.0848. The number of quaternary nitrogens is 1. The van der Waals surface area contributed by atoms with Crippen molar-refractivity contribution in [2.24, 2.45) is 0 Å². The van der Waals surface area contributed by atoms with Gasteiger partial charge in [0, 0.05) is 12.5 Å². The molecule has 0 aliphatic carbocycles. The van der Waals surface area contributed by atoms with Gasteiger partial charge in [-0.3, -0.25) is 0 Å². The highest BCUT2D eigenvalue weighted by Crippen LogP contribution is 2.20. The van der Waals surface area contributed by atoms with E-state index in [2.05, 4.69) is 21.0 Å². The lowest BCUT2D eigenvalue weighted by atomic mass is 10.0. The number of unbranched alkanes of at least 4 members (excludes halogenated alkanes) is 15. The summed E-state index contributed by atoms with van der Waals surface area (Å²) in [5.74, 6) is -4.37. The van der Waals surface area contributed by atoms with Crippen molar-refractivity contribution in [3.05, 3.63) is 0 Å². The summed E-state index contributed by atoms with van der Waals surface area (Å²) in [4.78, 5) is 32.8. The minimum absolute atomic E-state index is 0.0848. The van der Waals surface area contributed by atoms with Gasteiger partial charge in [0.2, 0.25) is 0 Å². The summed E-state index contributed by atoms with van der Waals surface area (Å²) in [5, 5.41) is 30.8. The zero-order valence-electron chi connectivity index (χ0n) is 25.4. The second kappa shape index (κ2) is 24.1. The molecule has 1 N–H and O–H groups in total. The molecule has 10 nitrogen and oxygen atoms in total. The Labute approximate surface area is 243 Å². The fourth-order valence-corrected chi connectivity index (χ4v) is 7.07. The van der Waals surface area contributed by atoms with Gasteiger partial charge in [-0.15, -0.1) is 0 Å². The number of carbonyl (C=O) groups excluding carboxylic acids is 2. The van der Waals surface area contributed by atoms with Crippen molar-refractivity contribution in [2.75, 3.05) is 47.0 Å². The monoisotopic (exact) mass is 590 g/mol. The molecule has 0 saturated carbocycles. The molecule has 0 radical (unpaired) electrons. The molecule has 0 spiro atoms.